The molecular weight excluding hydrogens is 535 g/mol. The third-order valence-electron chi connectivity index (χ3n) is 7.36. The number of piperidine rings is 1. The Morgan fingerprint density at radius 3 is 2.67 bits per heavy atom. The predicted molar refractivity (Wildman–Crippen MR) is 151 cm³/mol. The number of hydrogen-bond acceptors (Lipinski definition) is 6. The Labute approximate surface area is 237 Å². The molecule has 40 heavy (non-hydrogen) atoms. The van der Waals surface area contributed by atoms with Gasteiger partial charge in [0.2, 0.25) is 5.88 Å². The third kappa shape index (κ3) is 6.27. The van der Waals surface area contributed by atoms with Crippen LogP contribution in [0.15, 0.2) is 54.6 Å². The van der Waals surface area contributed by atoms with Gasteiger partial charge in [0.25, 0.3) is 0 Å². The van der Waals surface area contributed by atoms with Gasteiger partial charge in [0.1, 0.15) is 18.2 Å². The number of aromatic nitrogens is 3. The predicted octanol–water partition coefficient (Wildman–Crippen LogP) is 6.09. The number of pyridine rings is 1. The highest BCUT2D eigenvalue weighted by Crippen LogP contribution is 2.30. The molecular formula is C30H32ClFN4O4. The first-order chi connectivity index (χ1) is 19.3. The van der Waals surface area contributed by atoms with Crippen molar-refractivity contribution < 1.29 is 23.8 Å². The minimum absolute atomic E-state index is 0.000119. The first kappa shape index (κ1) is 28.0. The fourth-order valence-corrected chi connectivity index (χ4v) is 5.47. The molecule has 1 aliphatic rings. The lowest BCUT2D eigenvalue weighted by Crippen LogP contribution is -2.34. The van der Waals surface area contributed by atoms with Crippen molar-refractivity contribution in [2.24, 2.45) is 0 Å². The Morgan fingerprint density at radius 1 is 1.15 bits per heavy atom. The molecule has 8 nitrogen and oxygen atoms in total. The minimum atomic E-state index is -0.960. The molecule has 5 rings (SSSR count). The van der Waals surface area contributed by atoms with Crippen LogP contribution in [0.2, 0.25) is 5.02 Å². The Balaban J connectivity index is 1.25. The van der Waals surface area contributed by atoms with E-state index in [2.05, 4.69) is 16.4 Å². The molecule has 0 aliphatic carbocycles. The Kier molecular flexibility index (Phi) is 8.63. The van der Waals surface area contributed by atoms with Gasteiger partial charge in [0.15, 0.2) is 0 Å². The van der Waals surface area contributed by atoms with Crippen LogP contribution in [0.3, 0.4) is 0 Å². The summed E-state index contributed by atoms with van der Waals surface area (Å²) in [6.45, 7) is 5.02. The van der Waals surface area contributed by atoms with Crippen molar-refractivity contribution in [2.75, 3.05) is 26.8 Å². The molecule has 1 saturated heterocycles. The summed E-state index contributed by atoms with van der Waals surface area (Å²) in [7, 11) is 1.66. The van der Waals surface area contributed by atoms with Gasteiger partial charge in [0, 0.05) is 35.4 Å². The number of imidazole rings is 1. The second kappa shape index (κ2) is 12.3. The van der Waals surface area contributed by atoms with E-state index in [-0.39, 0.29) is 24.1 Å². The number of carbonyl (C=O) groups is 1. The number of nitrogens with zero attached hydrogens (tertiary/aromatic N) is 4. The van der Waals surface area contributed by atoms with E-state index in [1.165, 1.54) is 6.07 Å². The number of fused-ring (bicyclic) bond motifs is 1. The van der Waals surface area contributed by atoms with Crippen LogP contribution in [0.25, 0.3) is 11.0 Å². The van der Waals surface area contributed by atoms with Crippen molar-refractivity contribution in [3.05, 3.63) is 88.1 Å². The fraction of sp³-hybridized carbons (Fsp3) is 0.367. The summed E-state index contributed by atoms with van der Waals surface area (Å²) in [6.07, 6.45) is 1.86. The molecule has 2 aromatic carbocycles. The highest BCUT2D eigenvalue weighted by Gasteiger charge is 2.25. The van der Waals surface area contributed by atoms with Crippen LogP contribution < -0.4 is 4.74 Å². The smallest absolute Gasteiger partial charge is 0.335 e. The van der Waals surface area contributed by atoms with Gasteiger partial charge < -0.3 is 19.1 Å². The number of hydrogen-bond donors (Lipinski definition) is 1. The van der Waals surface area contributed by atoms with Gasteiger partial charge in [0.05, 0.1) is 35.8 Å². The molecule has 210 valence electrons. The first-order valence-electron chi connectivity index (χ1n) is 13.3. The van der Waals surface area contributed by atoms with Crippen LogP contribution >= 0.6 is 11.6 Å². The van der Waals surface area contributed by atoms with Gasteiger partial charge in [-0.15, -0.1) is 0 Å². The van der Waals surface area contributed by atoms with Crippen molar-refractivity contribution in [1.29, 1.82) is 0 Å². The third-order valence-corrected chi connectivity index (χ3v) is 7.60. The average molecular weight is 567 g/mol. The number of carboxylic acid groups (broad SMARTS) is 1. The van der Waals surface area contributed by atoms with E-state index in [1.54, 1.807) is 43.5 Å². The number of benzene rings is 2. The summed E-state index contributed by atoms with van der Waals surface area (Å²) >= 11 is 5.84. The molecule has 0 spiro atoms. The highest BCUT2D eigenvalue weighted by molar-refractivity contribution is 6.30. The van der Waals surface area contributed by atoms with E-state index in [9.17, 15) is 14.3 Å². The van der Waals surface area contributed by atoms with E-state index in [4.69, 9.17) is 31.0 Å². The van der Waals surface area contributed by atoms with Crippen LogP contribution in [-0.4, -0.2) is 57.3 Å². The lowest BCUT2D eigenvalue weighted by Gasteiger charge is -2.32. The molecule has 3 heterocycles. The van der Waals surface area contributed by atoms with Crippen molar-refractivity contribution in [3.63, 3.8) is 0 Å². The van der Waals surface area contributed by atoms with Gasteiger partial charge in [-0.2, -0.15) is 0 Å². The standard InChI is InChI=1S/C30H32ClFN4O4/c1-19(17-39-2)36-27-14-21(30(37)38)7-9-26(27)33-28(36)16-35-12-10-20(11-13-35)25-4-3-5-29(34-25)40-18-22-6-8-23(31)15-24(22)32/h3-9,14-15,19-20H,10-13,16-18H2,1-2H3,(H,37,38)/t19-/m0/s1. The molecule has 0 unspecified atom stereocenters. The molecule has 1 atom stereocenters. The SMILES string of the molecule is COC[C@H](C)n1c(CN2CCC(c3cccc(OCc4ccc(Cl)cc4F)n3)CC2)nc2ccc(C(=O)O)cc21. The van der Waals surface area contributed by atoms with E-state index in [1.807, 2.05) is 12.1 Å². The number of aromatic carboxylic acids is 1. The van der Waals surface area contributed by atoms with Gasteiger partial charge >= 0.3 is 5.97 Å². The largest absolute Gasteiger partial charge is 0.478 e. The van der Waals surface area contributed by atoms with Crippen LogP contribution in [0.5, 0.6) is 5.88 Å². The zero-order valence-electron chi connectivity index (χ0n) is 22.5. The van der Waals surface area contributed by atoms with Crippen LogP contribution in [0, 0.1) is 5.82 Å². The van der Waals surface area contributed by atoms with Crippen molar-refractivity contribution in [3.8, 4) is 5.88 Å². The lowest BCUT2D eigenvalue weighted by molar-refractivity contribution is 0.0697. The Bertz CT molecular complexity index is 1500. The van der Waals surface area contributed by atoms with E-state index < -0.39 is 11.8 Å². The highest BCUT2D eigenvalue weighted by atomic mass is 35.5. The Morgan fingerprint density at radius 2 is 1.95 bits per heavy atom. The molecule has 4 aromatic rings. The number of ether oxygens (including phenoxy) is 2. The Hall–Kier alpha value is -3.53. The molecule has 0 amide bonds. The minimum Gasteiger partial charge on any atom is -0.478 e. The van der Waals surface area contributed by atoms with Gasteiger partial charge in [-0.05, 0) is 69.3 Å². The normalized spacial score (nSPS) is 15.4. The van der Waals surface area contributed by atoms with Crippen LogP contribution in [0.1, 0.15) is 59.2 Å². The second-order valence-electron chi connectivity index (χ2n) is 10.2. The molecule has 1 N–H and O–H groups in total. The monoisotopic (exact) mass is 566 g/mol. The van der Waals surface area contributed by atoms with Crippen LogP contribution in [-0.2, 0) is 17.9 Å². The van der Waals surface area contributed by atoms with Gasteiger partial charge in [-0.3, -0.25) is 4.90 Å². The second-order valence-corrected chi connectivity index (χ2v) is 10.6. The maximum atomic E-state index is 14.1. The summed E-state index contributed by atoms with van der Waals surface area (Å²) in [5, 5.41) is 9.84. The molecule has 0 saturated carbocycles. The molecule has 0 bridgehead atoms. The summed E-state index contributed by atoms with van der Waals surface area (Å²) in [6, 6.07) is 15.3. The van der Waals surface area contributed by atoms with Crippen molar-refractivity contribution in [2.45, 2.75) is 44.9 Å². The molecule has 1 aliphatic heterocycles. The summed E-state index contributed by atoms with van der Waals surface area (Å²) in [5.74, 6) is 0.289. The zero-order valence-corrected chi connectivity index (χ0v) is 23.3. The first-order valence-corrected chi connectivity index (χ1v) is 13.7. The number of rotatable bonds is 10. The van der Waals surface area contributed by atoms with Gasteiger partial charge in [-0.1, -0.05) is 23.7 Å². The summed E-state index contributed by atoms with van der Waals surface area (Å²) < 4.78 is 27.4. The zero-order chi connectivity index (χ0) is 28.2. The van der Waals surface area contributed by atoms with E-state index in [0.717, 1.165) is 48.5 Å². The molecule has 1 fully saturated rings. The topological polar surface area (TPSA) is 89.7 Å². The lowest BCUT2D eigenvalue weighted by atomic mass is 9.93. The number of halogens is 2. The van der Waals surface area contributed by atoms with Crippen molar-refractivity contribution >= 4 is 28.6 Å². The van der Waals surface area contributed by atoms with E-state index in [0.29, 0.717) is 29.6 Å². The molecule has 2 aromatic heterocycles. The number of methoxy groups -OCH3 is 1. The quantitative estimate of drug-likeness (QED) is 0.248. The molecule has 10 heteroatoms. The van der Waals surface area contributed by atoms with Gasteiger partial charge in [-0.25, -0.2) is 19.2 Å². The average Bonchev–Trinajstić information content (AvgIpc) is 3.30. The maximum absolute atomic E-state index is 14.1. The van der Waals surface area contributed by atoms with Crippen LogP contribution in [0.4, 0.5) is 4.39 Å². The van der Waals surface area contributed by atoms with Crippen molar-refractivity contribution in [1.82, 2.24) is 19.4 Å². The number of likely N-dealkylation sites (tertiary alicyclic amines) is 1. The van der Waals surface area contributed by atoms with E-state index >= 15 is 0 Å². The summed E-state index contributed by atoms with van der Waals surface area (Å²) in [5.41, 5.74) is 3.21. The summed E-state index contributed by atoms with van der Waals surface area (Å²) in [4.78, 5) is 23.5. The number of carboxylic acids is 1. The fourth-order valence-electron chi connectivity index (χ4n) is 5.31. The maximum Gasteiger partial charge on any atom is 0.335 e. The molecule has 0 radical (unpaired) electrons.